The summed E-state index contributed by atoms with van der Waals surface area (Å²) in [4.78, 5) is 10.3. The number of nitro groups is 1. The minimum atomic E-state index is -0.410. The van der Waals surface area contributed by atoms with Crippen LogP contribution in [0.1, 0.15) is 11.5 Å². The molecule has 2 rings (SSSR count). The molecule has 0 saturated carbocycles. The number of benzene rings is 1. The second-order valence-corrected chi connectivity index (χ2v) is 3.36. The predicted octanol–water partition coefficient (Wildman–Crippen LogP) is 0.987. The third-order valence-electron chi connectivity index (χ3n) is 2.43. The van der Waals surface area contributed by atoms with Crippen molar-refractivity contribution in [3.63, 3.8) is 0 Å². The maximum atomic E-state index is 10.7. The Hall–Kier alpha value is -1.62. The van der Waals surface area contributed by atoms with E-state index < -0.39 is 4.92 Å². The Kier molecular flexibility index (Phi) is 2.09. The molecule has 5 heteroatoms. The molecular formula is C9H10N2O3. The lowest BCUT2D eigenvalue weighted by Crippen LogP contribution is -2.40. The maximum absolute atomic E-state index is 10.7. The van der Waals surface area contributed by atoms with Gasteiger partial charge in [0.1, 0.15) is 5.75 Å². The van der Waals surface area contributed by atoms with Crippen LogP contribution in [-0.4, -0.2) is 23.1 Å². The van der Waals surface area contributed by atoms with Gasteiger partial charge in [0.2, 0.25) is 0 Å². The highest BCUT2D eigenvalue weighted by Gasteiger charge is 2.26. The molecule has 0 bridgehead atoms. The first-order valence-electron chi connectivity index (χ1n) is 4.36. The number of nitrogens with one attached hydrogen (secondary N) is 1. The average molecular weight is 194 g/mol. The molecule has 0 spiro atoms. The monoisotopic (exact) mass is 194 g/mol. The van der Waals surface area contributed by atoms with E-state index in [0.717, 1.165) is 13.1 Å². The van der Waals surface area contributed by atoms with E-state index in [2.05, 4.69) is 5.32 Å². The molecule has 1 aromatic carbocycles. The second kappa shape index (κ2) is 3.26. The lowest BCUT2D eigenvalue weighted by atomic mass is 9.92. The molecule has 1 fully saturated rings. The van der Waals surface area contributed by atoms with Gasteiger partial charge in [-0.2, -0.15) is 0 Å². The van der Waals surface area contributed by atoms with Crippen molar-refractivity contribution in [3.05, 3.63) is 33.9 Å². The number of hydrogen-bond acceptors (Lipinski definition) is 4. The van der Waals surface area contributed by atoms with E-state index >= 15 is 0 Å². The topological polar surface area (TPSA) is 75.4 Å². The van der Waals surface area contributed by atoms with Crippen molar-refractivity contribution in [2.45, 2.75) is 5.92 Å². The Balaban J connectivity index is 2.42. The van der Waals surface area contributed by atoms with Gasteiger partial charge in [-0.15, -0.1) is 0 Å². The molecule has 1 aliphatic heterocycles. The van der Waals surface area contributed by atoms with Gasteiger partial charge >= 0.3 is 0 Å². The zero-order valence-corrected chi connectivity index (χ0v) is 7.43. The van der Waals surface area contributed by atoms with Gasteiger partial charge < -0.3 is 10.4 Å². The van der Waals surface area contributed by atoms with Crippen molar-refractivity contribution in [2.75, 3.05) is 13.1 Å². The first-order chi connectivity index (χ1) is 6.68. The molecule has 0 radical (unpaired) electrons. The van der Waals surface area contributed by atoms with Gasteiger partial charge in [0.15, 0.2) is 0 Å². The lowest BCUT2D eigenvalue weighted by Gasteiger charge is -2.27. The van der Waals surface area contributed by atoms with Gasteiger partial charge in [-0.1, -0.05) is 0 Å². The zero-order chi connectivity index (χ0) is 10.1. The zero-order valence-electron chi connectivity index (χ0n) is 7.43. The maximum Gasteiger partial charge on any atom is 0.273 e. The van der Waals surface area contributed by atoms with Crippen LogP contribution in [0.15, 0.2) is 18.2 Å². The summed E-state index contributed by atoms with van der Waals surface area (Å²) < 4.78 is 0. The minimum Gasteiger partial charge on any atom is -0.508 e. The minimum absolute atomic E-state index is 0.0810. The fraction of sp³-hybridized carbons (Fsp3) is 0.333. The molecule has 1 aliphatic rings. The number of nitro benzene ring substituents is 1. The van der Waals surface area contributed by atoms with Gasteiger partial charge in [-0.3, -0.25) is 10.1 Å². The smallest absolute Gasteiger partial charge is 0.273 e. The SMILES string of the molecule is O=[N+]([O-])c1ccc(O)cc1C1CNC1. The molecule has 14 heavy (non-hydrogen) atoms. The highest BCUT2D eigenvalue weighted by atomic mass is 16.6. The Morgan fingerprint density at radius 1 is 1.50 bits per heavy atom. The second-order valence-electron chi connectivity index (χ2n) is 3.36. The van der Waals surface area contributed by atoms with Crippen LogP contribution in [0.3, 0.4) is 0 Å². The van der Waals surface area contributed by atoms with Crippen LogP contribution in [0.25, 0.3) is 0 Å². The number of phenolic OH excluding ortho intramolecular Hbond substituents is 1. The largest absolute Gasteiger partial charge is 0.508 e. The number of phenols is 1. The molecule has 1 saturated heterocycles. The summed E-state index contributed by atoms with van der Waals surface area (Å²) >= 11 is 0. The van der Waals surface area contributed by atoms with Gasteiger partial charge in [0.05, 0.1) is 4.92 Å². The Morgan fingerprint density at radius 3 is 2.71 bits per heavy atom. The standard InChI is InChI=1S/C9H10N2O3/c12-7-1-2-9(11(13)14)8(3-7)6-4-10-5-6/h1-3,6,10,12H,4-5H2. The summed E-state index contributed by atoms with van der Waals surface area (Å²) in [6.07, 6.45) is 0. The molecule has 1 aromatic rings. The van der Waals surface area contributed by atoms with E-state index in [-0.39, 0.29) is 17.4 Å². The molecular weight excluding hydrogens is 184 g/mol. The summed E-state index contributed by atoms with van der Waals surface area (Å²) in [5, 5.41) is 23.0. The number of rotatable bonds is 2. The molecule has 0 aliphatic carbocycles. The number of nitrogens with zero attached hydrogens (tertiary/aromatic N) is 1. The van der Waals surface area contributed by atoms with Crippen LogP contribution >= 0.6 is 0 Å². The van der Waals surface area contributed by atoms with Gasteiger partial charge in [-0.05, 0) is 12.1 Å². The highest BCUT2D eigenvalue weighted by molar-refractivity contribution is 5.47. The summed E-state index contributed by atoms with van der Waals surface area (Å²) in [5.74, 6) is 0.236. The van der Waals surface area contributed by atoms with Crippen LogP contribution in [0.2, 0.25) is 0 Å². The fourth-order valence-corrected chi connectivity index (χ4v) is 1.54. The lowest BCUT2D eigenvalue weighted by molar-refractivity contribution is -0.385. The molecule has 2 N–H and O–H groups in total. The molecule has 74 valence electrons. The van der Waals surface area contributed by atoms with Gasteiger partial charge in [0.25, 0.3) is 5.69 Å². The average Bonchev–Trinajstić information content (AvgIpc) is 2.00. The van der Waals surface area contributed by atoms with Crippen LogP contribution in [-0.2, 0) is 0 Å². The van der Waals surface area contributed by atoms with Crippen LogP contribution in [0.5, 0.6) is 5.75 Å². The Labute approximate surface area is 80.5 Å². The van der Waals surface area contributed by atoms with Gasteiger partial charge in [0, 0.05) is 30.6 Å². The van der Waals surface area contributed by atoms with Crippen LogP contribution in [0, 0.1) is 10.1 Å². The summed E-state index contributed by atoms with van der Waals surface area (Å²) in [7, 11) is 0. The quantitative estimate of drug-likeness (QED) is 0.543. The first kappa shape index (κ1) is 8.96. The van der Waals surface area contributed by atoms with Crippen LogP contribution < -0.4 is 5.32 Å². The van der Waals surface area contributed by atoms with E-state index in [1.807, 2.05) is 0 Å². The van der Waals surface area contributed by atoms with Gasteiger partial charge in [-0.25, -0.2) is 0 Å². The molecule has 5 nitrogen and oxygen atoms in total. The van der Waals surface area contributed by atoms with Crippen molar-refractivity contribution in [1.29, 1.82) is 0 Å². The summed E-state index contributed by atoms with van der Waals surface area (Å²) in [6, 6.07) is 4.17. The molecule has 0 amide bonds. The third-order valence-corrected chi connectivity index (χ3v) is 2.43. The van der Waals surface area contributed by atoms with E-state index in [9.17, 15) is 15.2 Å². The molecule has 0 unspecified atom stereocenters. The van der Waals surface area contributed by atoms with Crippen LogP contribution in [0.4, 0.5) is 5.69 Å². The normalized spacial score (nSPS) is 16.3. The molecule has 1 heterocycles. The predicted molar refractivity (Wildman–Crippen MR) is 50.4 cm³/mol. The Morgan fingerprint density at radius 2 is 2.21 bits per heavy atom. The van der Waals surface area contributed by atoms with E-state index in [0.29, 0.717) is 5.56 Å². The van der Waals surface area contributed by atoms with E-state index in [1.165, 1.54) is 18.2 Å². The van der Waals surface area contributed by atoms with E-state index in [1.54, 1.807) is 0 Å². The van der Waals surface area contributed by atoms with Crippen molar-refractivity contribution >= 4 is 5.69 Å². The Bertz CT molecular complexity index is 374. The highest BCUT2D eigenvalue weighted by Crippen LogP contribution is 2.31. The van der Waals surface area contributed by atoms with E-state index in [4.69, 9.17) is 0 Å². The number of aromatic hydroxyl groups is 1. The summed E-state index contributed by atoms with van der Waals surface area (Å²) in [5.41, 5.74) is 0.711. The van der Waals surface area contributed by atoms with Crippen molar-refractivity contribution in [1.82, 2.24) is 5.32 Å². The fourth-order valence-electron chi connectivity index (χ4n) is 1.54. The molecule has 0 atom stereocenters. The molecule has 0 aromatic heterocycles. The van der Waals surface area contributed by atoms with Crippen molar-refractivity contribution < 1.29 is 10.0 Å². The first-order valence-corrected chi connectivity index (χ1v) is 4.36. The van der Waals surface area contributed by atoms with Crippen molar-refractivity contribution in [2.24, 2.45) is 0 Å². The number of hydrogen-bond donors (Lipinski definition) is 2. The third kappa shape index (κ3) is 1.42. The summed E-state index contributed by atoms with van der Waals surface area (Å²) in [6.45, 7) is 1.48. The van der Waals surface area contributed by atoms with Crippen molar-refractivity contribution in [3.8, 4) is 5.75 Å².